The van der Waals surface area contributed by atoms with E-state index in [4.69, 9.17) is 9.72 Å². The maximum absolute atomic E-state index is 6.95. The largest absolute Gasteiger partial charge is 0.457 e. The number of hydrogen-bond acceptors (Lipinski definition) is 6. The maximum Gasteiger partial charge on any atom is 0.137 e. The van der Waals surface area contributed by atoms with Crippen molar-refractivity contribution < 1.29 is 4.74 Å². The molecule has 3 N–H and O–H groups in total. The van der Waals surface area contributed by atoms with Crippen molar-refractivity contribution in [1.82, 2.24) is 9.55 Å². The Kier molecular flexibility index (Phi) is 10.5. The standard InChI is InChI=1S/C60H58N6O/c1-59(2,3)41-29-30-61-57(34-41)66-53-25-14-13-22-48(53)49-28-27-44(36-54(49)66)67-45-33-42(60(4,5)6)32-43(35-45)62-50-37-52-55(65-31-16-15-26-56(65)63-52)38-51(50)64-58-46(39-18-9-7-10-19-39)23-17-24-47(58)40-20-11-8-12-21-40/h7-14,17-25,27-30,32-38,56,62-64H,15-16,26,31H2,1-6H3. The van der Waals surface area contributed by atoms with Gasteiger partial charge in [0.1, 0.15) is 17.3 Å². The summed E-state index contributed by atoms with van der Waals surface area (Å²) in [5.41, 5.74) is 15.3. The lowest BCUT2D eigenvalue weighted by Gasteiger charge is -2.31. The molecule has 7 heteroatoms. The van der Waals surface area contributed by atoms with Gasteiger partial charge in [-0.25, -0.2) is 4.98 Å². The van der Waals surface area contributed by atoms with Crippen LogP contribution in [0.2, 0.25) is 0 Å². The van der Waals surface area contributed by atoms with E-state index in [0.717, 1.165) is 103 Å². The van der Waals surface area contributed by atoms with Crippen molar-refractivity contribution in [3.8, 4) is 39.6 Å². The van der Waals surface area contributed by atoms with Crippen molar-refractivity contribution >= 4 is 55.9 Å². The molecule has 7 aromatic carbocycles. The SMILES string of the molecule is CC(C)(C)c1cc(Nc2cc3c(cc2Nc2c(-c4ccccc4)cccc2-c2ccccc2)N2CCCCC2N3)cc(Oc2ccc3c4ccccc4n(-c4cc(C(C)(C)C)ccn4)c3c2)c1. The monoisotopic (exact) mass is 878 g/mol. The van der Waals surface area contributed by atoms with Gasteiger partial charge in [0, 0.05) is 52.5 Å². The second-order valence-electron chi connectivity index (χ2n) is 20.3. The number of rotatable bonds is 9. The topological polar surface area (TPSA) is 66.4 Å². The number of aromatic nitrogens is 2. The van der Waals surface area contributed by atoms with Crippen LogP contribution in [-0.2, 0) is 10.8 Å². The van der Waals surface area contributed by atoms with Crippen LogP contribution in [0.3, 0.4) is 0 Å². The molecule has 0 bridgehead atoms. The molecule has 1 fully saturated rings. The van der Waals surface area contributed by atoms with Gasteiger partial charge in [-0.3, -0.25) is 4.57 Å². The summed E-state index contributed by atoms with van der Waals surface area (Å²) in [7, 11) is 0. The van der Waals surface area contributed by atoms with E-state index in [-0.39, 0.29) is 10.8 Å². The van der Waals surface area contributed by atoms with Gasteiger partial charge < -0.3 is 25.6 Å². The highest BCUT2D eigenvalue weighted by molar-refractivity contribution is 6.09. The number of para-hydroxylation sites is 2. The van der Waals surface area contributed by atoms with Crippen LogP contribution < -0.4 is 25.6 Å². The Balaban J connectivity index is 1.02. The molecule has 1 unspecified atom stereocenters. The first kappa shape index (κ1) is 42.1. The Morgan fingerprint density at radius 2 is 1.27 bits per heavy atom. The van der Waals surface area contributed by atoms with Gasteiger partial charge in [0.05, 0.1) is 45.6 Å². The summed E-state index contributed by atoms with van der Waals surface area (Å²) >= 11 is 0. The summed E-state index contributed by atoms with van der Waals surface area (Å²) in [6, 6.07) is 58.6. The number of pyridine rings is 1. The molecule has 2 aliphatic rings. The molecule has 7 nitrogen and oxygen atoms in total. The fourth-order valence-electron chi connectivity index (χ4n) is 9.96. The van der Waals surface area contributed by atoms with Crippen molar-refractivity contribution in [3.05, 3.63) is 181 Å². The molecular formula is C60H58N6O. The maximum atomic E-state index is 6.95. The van der Waals surface area contributed by atoms with Gasteiger partial charge in [-0.1, -0.05) is 139 Å². The molecule has 0 saturated carbocycles. The smallest absolute Gasteiger partial charge is 0.137 e. The number of ether oxygens (including phenoxy) is 1. The molecule has 0 amide bonds. The fraction of sp³-hybridized carbons (Fsp3) is 0.217. The molecule has 4 heterocycles. The van der Waals surface area contributed by atoms with Crippen LogP contribution in [0.4, 0.5) is 34.1 Å². The Hall–Kier alpha value is -7.51. The van der Waals surface area contributed by atoms with E-state index in [2.05, 4.69) is 231 Å². The number of benzene rings is 7. The van der Waals surface area contributed by atoms with E-state index in [1.165, 1.54) is 29.5 Å². The molecule has 9 aromatic rings. The van der Waals surface area contributed by atoms with Crippen LogP contribution in [0.15, 0.2) is 170 Å². The molecule has 2 aromatic heterocycles. The van der Waals surface area contributed by atoms with E-state index in [9.17, 15) is 0 Å². The highest BCUT2D eigenvalue weighted by Gasteiger charge is 2.32. The molecule has 0 aliphatic carbocycles. The Bertz CT molecular complexity index is 3230. The molecule has 334 valence electrons. The van der Waals surface area contributed by atoms with Crippen molar-refractivity contribution in [2.45, 2.75) is 77.8 Å². The fourth-order valence-corrected chi connectivity index (χ4v) is 9.96. The number of nitrogens with one attached hydrogen (secondary N) is 3. The number of piperidine rings is 1. The summed E-state index contributed by atoms with van der Waals surface area (Å²) in [5.74, 6) is 2.41. The molecule has 11 rings (SSSR count). The van der Waals surface area contributed by atoms with Gasteiger partial charge >= 0.3 is 0 Å². The first-order valence-electron chi connectivity index (χ1n) is 23.8. The first-order valence-corrected chi connectivity index (χ1v) is 23.8. The van der Waals surface area contributed by atoms with E-state index in [1.807, 2.05) is 6.20 Å². The Morgan fingerprint density at radius 3 is 2.00 bits per heavy atom. The molecule has 0 spiro atoms. The van der Waals surface area contributed by atoms with Gasteiger partial charge in [-0.15, -0.1) is 0 Å². The van der Waals surface area contributed by atoms with E-state index < -0.39 is 0 Å². The number of nitrogens with zero attached hydrogens (tertiary/aromatic N) is 3. The number of hydrogen-bond donors (Lipinski definition) is 3. The van der Waals surface area contributed by atoms with Crippen molar-refractivity contribution in [2.75, 3.05) is 27.4 Å². The predicted octanol–water partition coefficient (Wildman–Crippen LogP) is 16.1. The zero-order valence-corrected chi connectivity index (χ0v) is 39.3. The lowest BCUT2D eigenvalue weighted by atomic mass is 9.86. The minimum Gasteiger partial charge on any atom is -0.457 e. The Labute approximate surface area is 394 Å². The minimum atomic E-state index is -0.154. The lowest BCUT2D eigenvalue weighted by Crippen LogP contribution is -2.39. The lowest BCUT2D eigenvalue weighted by molar-refractivity contribution is 0.479. The summed E-state index contributed by atoms with van der Waals surface area (Å²) in [4.78, 5) is 7.47. The van der Waals surface area contributed by atoms with Gasteiger partial charge in [0.2, 0.25) is 0 Å². The second kappa shape index (κ2) is 16.7. The molecule has 67 heavy (non-hydrogen) atoms. The Morgan fingerprint density at radius 1 is 0.582 bits per heavy atom. The highest BCUT2D eigenvalue weighted by Crippen LogP contribution is 2.48. The minimum absolute atomic E-state index is 0.0181. The van der Waals surface area contributed by atoms with Crippen LogP contribution in [0, 0.1) is 0 Å². The number of fused-ring (bicyclic) bond motifs is 6. The highest BCUT2D eigenvalue weighted by atomic mass is 16.5. The van der Waals surface area contributed by atoms with E-state index in [1.54, 1.807) is 0 Å². The van der Waals surface area contributed by atoms with Crippen LogP contribution in [0.5, 0.6) is 11.5 Å². The van der Waals surface area contributed by atoms with Crippen LogP contribution in [0.1, 0.15) is 71.9 Å². The molecule has 2 aliphatic heterocycles. The molecule has 1 atom stereocenters. The molecule has 0 radical (unpaired) electrons. The summed E-state index contributed by atoms with van der Waals surface area (Å²) in [5, 5.41) is 14.2. The third kappa shape index (κ3) is 8.13. The van der Waals surface area contributed by atoms with Gasteiger partial charge in [-0.2, -0.15) is 0 Å². The molecular weight excluding hydrogens is 821 g/mol. The average molecular weight is 879 g/mol. The predicted molar refractivity (Wildman–Crippen MR) is 281 cm³/mol. The van der Waals surface area contributed by atoms with Crippen LogP contribution in [0.25, 0.3) is 49.9 Å². The number of anilines is 6. The second-order valence-corrected chi connectivity index (χ2v) is 20.3. The third-order valence-corrected chi connectivity index (χ3v) is 13.5. The first-order chi connectivity index (χ1) is 32.4. The van der Waals surface area contributed by atoms with E-state index in [0.29, 0.717) is 6.17 Å². The van der Waals surface area contributed by atoms with E-state index >= 15 is 0 Å². The van der Waals surface area contributed by atoms with Gasteiger partial charge in [0.25, 0.3) is 0 Å². The third-order valence-electron chi connectivity index (χ3n) is 13.5. The normalized spacial score (nSPS) is 14.7. The van der Waals surface area contributed by atoms with Crippen molar-refractivity contribution in [1.29, 1.82) is 0 Å². The van der Waals surface area contributed by atoms with Crippen LogP contribution in [-0.4, -0.2) is 22.3 Å². The van der Waals surface area contributed by atoms with Crippen molar-refractivity contribution in [3.63, 3.8) is 0 Å². The quantitative estimate of drug-likeness (QED) is 0.134. The average Bonchev–Trinajstić information content (AvgIpc) is 3.86. The summed E-state index contributed by atoms with van der Waals surface area (Å²) in [6.45, 7) is 14.5. The van der Waals surface area contributed by atoms with Gasteiger partial charge in [-0.05, 0) is 107 Å². The summed E-state index contributed by atoms with van der Waals surface area (Å²) in [6.07, 6.45) is 5.75. The zero-order valence-electron chi connectivity index (χ0n) is 39.3. The van der Waals surface area contributed by atoms with Gasteiger partial charge in [0.15, 0.2) is 0 Å². The van der Waals surface area contributed by atoms with Crippen LogP contribution >= 0.6 is 0 Å². The van der Waals surface area contributed by atoms with Crippen molar-refractivity contribution in [2.24, 2.45) is 0 Å². The molecule has 1 saturated heterocycles. The zero-order chi connectivity index (χ0) is 45.9. The summed E-state index contributed by atoms with van der Waals surface area (Å²) < 4.78 is 9.22.